The number of nitrogens with zero attached hydrogens (tertiary/aromatic N) is 4. The molecule has 28 heavy (non-hydrogen) atoms. The van der Waals surface area contributed by atoms with E-state index in [1.54, 1.807) is 0 Å². The number of quaternary nitrogens is 1. The van der Waals surface area contributed by atoms with E-state index in [0.717, 1.165) is 74.6 Å². The van der Waals surface area contributed by atoms with Gasteiger partial charge in [-0.05, 0) is 39.3 Å². The van der Waals surface area contributed by atoms with Gasteiger partial charge in [0.15, 0.2) is 5.82 Å². The predicted molar refractivity (Wildman–Crippen MR) is 110 cm³/mol. The molecule has 2 N–H and O–H groups in total. The minimum atomic E-state index is -0.168. The van der Waals surface area contributed by atoms with Crippen molar-refractivity contribution in [3.8, 4) is 0 Å². The van der Waals surface area contributed by atoms with Crippen LogP contribution in [0.25, 0.3) is 0 Å². The highest BCUT2D eigenvalue weighted by Crippen LogP contribution is 2.42. The maximum Gasteiger partial charge on any atom is 0.246 e. The van der Waals surface area contributed by atoms with E-state index in [2.05, 4.69) is 17.6 Å². The molecule has 5 rings (SSSR count). The van der Waals surface area contributed by atoms with Crippen molar-refractivity contribution < 1.29 is 4.79 Å². The number of likely N-dealkylation sites (tertiary alicyclic amines) is 1. The average molecular weight is 386 g/mol. The third-order valence-corrected chi connectivity index (χ3v) is 8.02. The van der Waals surface area contributed by atoms with E-state index >= 15 is 0 Å². The fourth-order valence-corrected chi connectivity index (χ4v) is 6.28. The first-order valence-electron chi connectivity index (χ1n) is 11.1. The van der Waals surface area contributed by atoms with E-state index < -0.39 is 0 Å². The summed E-state index contributed by atoms with van der Waals surface area (Å²) in [6.07, 6.45) is 10.4. The molecule has 152 valence electrons. The van der Waals surface area contributed by atoms with Crippen LogP contribution in [-0.2, 0) is 4.79 Å². The summed E-state index contributed by atoms with van der Waals surface area (Å²) in [5, 5.41) is 6.92. The van der Waals surface area contributed by atoms with Crippen LogP contribution in [0.1, 0.15) is 45.4 Å². The van der Waals surface area contributed by atoms with E-state index in [-0.39, 0.29) is 11.3 Å². The minimum absolute atomic E-state index is 0.168. The number of carbonyl (C=O) groups is 1. The molecule has 0 radical (unpaired) electrons. The van der Waals surface area contributed by atoms with Gasteiger partial charge in [0.25, 0.3) is 0 Å². The fraction of sp³-hybridized carbons (Fsp3) is 0.762. The Morgan fingerprint density at radius 1 is 1.11 bits per heavy atom. The lowest BCUT2D eigenvalue weighted by Crippen LogP contribution is -2.60. The summed E-state index contributed by atoms with van der Waals surface area (Å²) in [7, 11) is 0. The monoisotopic (exact) mass is 385 g/mol. The molecular weight excluding hydrogens is 352 g/mol. The number of hydrogen-bond acceptors (Lipinski definition) is 5. The van der Waals surface area contributed by atoms with Gasteiger partial charge in [0, 0.05) is 38.9 Å². The van der Waals surface area contributed by atoms with Crippen LogP contribution in [-0.4, -0.2) is 67.2 Å². The molecule has 3 atom stereocenters. The van der Waals surface area contributed by atoms with Gasteiger partial charge in [0.05, 0.1) is 24.2 Å². The van der Waals surface area contributed by atoms with Crippen molar-refractivity contribution in [2.75, 3.05) is 44.2 Å². The van der Waals surface area contributed by atoms with Gasteiger partial charge in [-0.3, -0.25) is 14.2 Å². The summed E-state index contributed by atoms with van der Waals surface area (Å²) in [5.74, 6) is 2.08. The Labute approximate surface area is 167 Å². The molecule has 7 heteroatoms. The Bertz CT molecular complexity index is 725. The second-order valence-corrected chi connectivity index (χ2v) is 9.26. The highest BCUT2D eigenvalue weighted by molar-refractivity contribution is 5.99. The van der Waals surface area contributed by atoms with Crippen molar-refractivity contribution in [2.24, 2.45) is 5.41 Å². The standard InChI is InChI=1S/C21H33N6O/c1-16-3-2-12-27(16,17-4-8-23-13-17)19-15-24-18(14-25-19)26-11-7-21(20(26)28)5-9-22-10-6-21/h14-17,22-23H,2-13H2,1H3/q+1/t16-,17-,27?/m0/s1. The smallest absolute Gasteiger partial charge is 0.246 e. The molecule has 0 aromatic carbocycles. The number of nitrogens with one attached hydrogen (secondary N) is 2. The lowest BCUT2D eigenvalue weighted by Gasteiger charge is -2.41. The summed E-state index contributed by atoms with van der Waals surface area (Å²) in [4.78, 5) is 24.7. The van der Waals surface area contributed by atoms with E-state index in [1.165, 1.54) is 19.3 Å². The Kier molecular flexibility index (Phi) is 4.64. The third-order valence-electron chi connectivity index (χ3n) is 8.02. The molecule has 0 aliphatic carbocycles. The molecular formula is C21H33N6O+. The number of aromatic nitrogens is 2. The van der Waals surface area contributed by atoms with Gasteiger partial charge < -0.3 is 10.6 Å². The van der Waals surface area contributed by atoms with Gasteiger partial charge in [-0.2, -0.15) is 4.98 Å². The number of anilines is 1. The number of hydrogen-bond donors (Lipinski definition) is 2. The van der Waals surface area contributed by atoms with Gasteiger partial charge in [-0.1, -0.05) is 0 Å². The van der Waals surface area contributed by atoms with Crippen LogP contribution < -0.4 is 20.0 Å². The maximum absolute atomic E-state index is 13.2. The maximum atomic E-state index is 13.2. The SMILES string of the molecule is C[C@H]1CCC[N+]1(c1cnc(N2CCC3(CCNCC3)C2=O)cn1)[C@H]1CCNC1. The Balaban J connectivity index is 1.40. The molecule has 1 amide bonds. The van der Waals surface area contributed by atoms with E-state index in [4.69, 9.17) is 9.97 Å². The zero-order valence-corrected chi connectivity index (χ0v) is 17.0. The van der Waals surface area contributed by atoms with Crippen molar-refractivity contribution in [3.05, 3.63) is 12.4 Å². The summed E-state index contributed by atoms with van der Waals surface area (Å²) in [5.41, 5.74) is -0.168. The van der Waals surface area contributed by atoms with E-state index in [9.17, 15) is 4.79 Å². The third kappa shape index (κ3) is 2.70. The molecule has 1 aromatic heterocycles. The molecule has 4 aliphatic rings. The van der Waals surface area contributed by atoms with Crippen LogP contribution >= 0.6 is 0 Å². The second kappa shape index (κ2) is 7.04. The lowest BCUT2D eigenvalue weighted by atomic mass is 9.78. The molecule has 7 nitrogen and oxygen atoms in total. The zero-order valence-electron chi connectivity index (χ0n) is 17.0. The van der Waals surface area contributed by atoms with Gasteiger partial charge >= 0.3 is 0 Å². The Hall–Kier alpha value is -1.57. The lowest BCUT2D eigenvalue weighted by molar-refractivity contribution is -0.126. The van der Waals surface area contributed by atoms with Gasteiger partial charge in [-0.15, -0.1) is 0 Å². The summed E-state index contributed by atoms with van der Waals surface area (Å²) >= 11 is 0. The van der Waals surface area contributed by atoms with Crippen LogP contribution in [0.15, 0.2) is 12.4 Å². The highest BCUT2D eigenvalue weighted by Gasteiger charge is 2.50. The normalized spacial score (nSPS) is 35.2. The minimum Gasteiger partial charge on any atom is -0.317 e. The van der Waals surface area contributed by atoms with E-state index in [0.29, 0.717) is 12.1 Å². The van der Waals surface area contributed by atoms with Gasteiger partial charge in [0.1, 0.15) is 12.2 Å². The molecule has 1 spiro atoms. The molecule has 4 saturated heterocycles. The first-order valence-corrected chi connectivity index (χ1v) is 11.1. The topological polar surface area (TPSA) is 70.2 Å². The van der Waals surface area contributed by atoms with Crippen LogP contribution in [0.2, 0.25) is 0 Å². The molecule has 5 heterocycles. The van der Waals surface area contributed by atoms with Crippen LogP contribution in [0.3, 0.4) is 0 Å². The van der Waals surface area contributed by atoms with Gasteiger partial charge in [-0.25, -0.2) is 4.98 Å². The van der Waals surface area contributed by atoms with Crippen LogP contribution in [0.5, 0.6) is 0 Å². The van der Waals surface area contributed by atoms with Crippen LogP contribution in [0.4, 0.5) is 11.6 Å². The Morgan fingerprint density at radius 3 is 2.61 bits per heavy atom. The second-order valence-electron chi connectivity index (χ2n) is 9.26. The fourth-order valence-electron chi connectivity index (χ4n) is 6.28. The number of rotatable bonds is 3. The quantitative estimate of drug-likeness (QED) is 0.771. The first-order chi connectivity index (χ1) is 13.7. The van der Waals surface area contributed by atoms with Crippen molar-refractivity contribution in [1.29, 1.82) is 0 Å². The predicted octanol–water partition coefficient (Wildman–Crippen LogP) is 1.43. The van der Waals surface area contributed by atoms with Crippen molar-refractivity contribution >= 4 is 17.5 Å². The average Bonchev–Trinajstić information content (AvgIpc) is 3.45. The highest BCUT2D eigenvalue weighted by atomic mass is 16.2. The summed E-state index contributed by atoms with van der Waals surface area (Å²) < 4.78 is 0.962. The van der Waals surface area contributed by atoms with E-state index in [1.807, 2.05) is 17.3 Å². The summed E-state index contributed by atoms with van der Waals surface area (Å²) in [6.45, 7) is 8.34. The molecule has 4 fully saturated rings. The molecule has 4 aliphatic heterocycles. The van der Waals surface area contributed by atoms with Crippen molar-refractivity contribution in [2.45, 2.75) is 57.5 Å². The Morgan fingerprint density at radius 2 is 1.96 bits per heavy atom. The number of amides is 1. The number of carbonyl (C=O) groups excluding carboxylic acids is 1. The first kappa shape index (κ1) is 18.5. The van der Waals surface area contributed by atoms with Gasteiger partial charge in [0.2, 0.25) is 11.7 Å². The zero-order chi connectivity index (χ0) is 19.2. The largest absolute Gasteiger partial charge is 0.317 e. The summed E-state index contributed by atoms with van der Waals surface area (Å²) in [6, 6.07) is 1.17. The molecule has 1 unspecified atom stereocenters. The van der Waals surface area contributed by atoms with Crippen molar-refractivity contribution in [1.82, 2.24) is 25.1 Å². The number of piperidine rings is 1. The van der Waals surface area contributed by atoms with Crippen LogP contribution in [0, 0.1) is 5.41 Å². The molecule has 0 bridgehead atoms. The molecule has 1 aromatic rings. The van der Waals surface area contributed by atoms with Crippen molar-refractivity contribution in [3.63, 3.8) is 0 Å². The molecule has 0 saturated carbocycles.